The SMILES string of the molecule is CCn1nccc1C(CC(C)COC)NC. The molecule has 0 aromatic carbocycles. The van der Waals surface area contributed by atoms with Crippen LogP contribution in [0.25, 0.3) is 0 Å². The second-order valence-corrected chi connectivity index (χ2v) is 4.21. The minimum absolute atomic E-state index is 0.354. The first-order valence-corrected chi connectivity index (χ1v) is 5.90. The fourth-order valence-corrected chi connectivity index (χ4v) is 2.04. The number of hydrogen-bond acceptors (Lipinski definition) is 3. The van der Waals surface area contributed by atoms with Gasteiger partial charge in [-0.15, -0.1) is 0 Å². The Labute approximate surface area is 98.0 Å². The molecule has 1 aromatic rings. The maximum atomic E-state index is 5.17. The second-order valence-electron chi connectivity index (χ2n) is 4.21. The van der Waals surface area contributed by atoms with Crippen molar-refractivity contribution in [3.05, 3.63) is 18.0 Å². The zero-order valence-electron chi connectivity index (χ0n) is 10.7. The normalized spacial score (nSPS) is 15.0. The number of aromatic nitrogens is 2. The Balaban J connectivity index is 2.66. The van der Waals surface area contributed by atoms with Crippen molar-refractivity contribution >= 4 is 0 Å². The number of aryl methyl sites for hydroxylation is 1. The molecule has 0 saturated carbocycles. The van der Waals surface area contributed by atoms with Crippen LogP contribution in [0, 0.1) is 5.92 Å². The second kappa shape index (κ2) is 6.66. The highest BCUT2D eigenvalue weighted by molar-refractivity contribution is 5.07. The molecule has 92 valence electrons. The van der Waals surface area contributed by atoms with Gasteiger partial charge >= 0.3 is 0 Å². The van der Waals surface area contributed by atoms with E-state index in [1.54, 1.807) is 7.11 Å². The van der Waals surface area contributed by atoms with Gasteiger partial charge in [-0.3, -0.25) is 4.68 Å². The molecule has 1 heterocycles. The first kappa shape index (κ1) is 13.2. The van der Waals surface area contributed by atoms with Crippen LogP contribution in [0.5, 0.6) is 0 Å². The van der Waals surface area contributed by atoms with Crippen LogP contribution in [0.3, 0.4) is 0 Å². The highest BCUT2D eigenvalue weighted by Gasteiger charge is 2.16. The number of nitrogens with zero attached hydrogens (tertiary/aromatic N) is 2. The van der Waals surface area contributed by atoms with E-state index in [2.05, 4.69) is 30.3 Å². The van der Waals surface area contributed by atoms with Crippen LogP contribution in [0.1, 0.15) is 32.0 Å². The Morgan fingerprint density at radius 2 is 2.31 bits per heavy atom. The molecule has 0 bridgehead atoms. The highest BCUT2D eigenvalue weighted by Crippen LogP contribution is 2.20. The zero-order valence-corrected chi connectivity index (χ0v) is 10.7. The third kappa shape index (κ3) is 3.32. The molecule has 0 spiro atoms. The van der Waals surface area contributed by atoms with E-state index in [0.29, 0.717) is 12.0 Å². The van der Waals surface area contributed by atoms with Crippen LogP contribution in [0.2, 0.25) is 0 Å². The summed E-state index contributed by atoms with van der Waals surface area (Å²) < 4.78 is 7.22. The van der Waals surface area contributed by atoms with E-state index in [0.717, 1.165) is 19.6 Å². The van der Waals surface area contributed by atoms with Crippen molar-refractivity contribution in [2.24, 2.45) is 5.92 Å². The quantitative estimate of drug-likeness (QED) is 0.769. The summed E-state index contributed by atoms with van der Waals surface area (Å²) in [5.74, 6) is 0.544. The van der Waals surface area contributed by atoms with Crippen molar-refractivity contribution in [3.8, 4) is 0 Å². The van der Waals surface area contributed by atoms with Crippen LogP contribution in [0.15, 0.2) is 12.3 Å². The molecule has 0 fully saturated rings. The Morgan fingerprint density at radius 3 is 2.88 bits per heavy atom. The minimum atomic E-state index is 0.354. The lowest BCUT2D eigenvalue weighted by atomic mass is 10.0. The van der Waals surface area contributed by atoms with Gasteiger partial charge in [0.1, 0.15) is 0 Å². The van der Waals surface area contributed by atoms with Crippen molar-refractivity contribution in [2.75, 3.05) is 20.8 Å². The number of methoxy groups -OCH3 is 1. The van der Waals surface area contributed by atoms with E-state index >= 15 is 0 Å². The smallest absolute Gasteiger partial charge is 0.0553 e. The molecule has 2 unspecified atom stereocenters. The van der Waals surface area contributed by atoms with Gasteiger partial charge in [0.2, 0.25) is 0 Å². The average Bonchev–Trinajstić information content (AvgIpc) is 2.74. The van der Waals surface area contributed by atoms with Gasteiger partial charge < -0.3 is 10.1 Å². The molecule has 4 nitrogen and oxygen atoms in total. The van der Waals surface area contributed by atoms with Gasteiger partial charge in [0, 0.05) is 32.5 Å². The molecule has 0 saturated heterocycles. The molecule has 1 N–H and O–H groups in total. The summed E-state index contributed by atoms with van der Waals surface area (Å²) >= 11 is 0. The molecule has 0 aliphatic carbocycles. The fraction of sp³-hybridized carbons (Fsp3) is 0.750. The van der Waals surface area contributed by atoms with Crippen LogP contribution < -0.4 is 5.32 Å². The molecule has 0 radical (unpaired) electrons. The molecular weight excluding hydrogens is 202 g/mol. The molecule has 0 aliphatic rings. The van der Waals surface area contributed by atoms with Crippen LogP contribution in [-0.2, 0) is 11.3 Å². The van der Waals surface area contributed by atoms with Crippen molar-refractivity contribution in [3.63, 3.8) is 0 Å². The maximum absolute atomic E-state index is 5.17. The Bertz CT molecular complexity index is 298. The summed E-state index contributed by atoms with van der Waals surface area (Å²) in [6.45, 7) is 6.04. The summed E-state index contributed by atoms with van der Waals surface area (Å²) in [7, 11) is 3.75. The zero-order chi connectivity index (χ0) is 12.0. The van der Waals surface area contributed by atoms with Crippen molar-refractivity contribution in [2.45, 2.75) is 32.9 Å². The maximum Gasteiger partial charge on any atom is 0.0553 e. The van der Waals surface area contributed by atoms with Crippen LogP contribution in [-0.4, -0.2) is 30.5 Å². The molecule has 4 heteroatoms. The topological polar surface area (TPSA) is 39.1 Å². The molecule has 1 aromatic heterocycles. The number of rotatable bonds is 7. The van der Waals surface area contributed by atoms with Gasteiger partial charge in [0.15, 0.2) is 0 Å². The van der Waals surface area contributed by atoms with Gasteiger partial charge in [-0.2, -0.15) is 5.10 Å². The first-order chi connectivity index (χ1) is 7.72. The van der Waals surface area contributed by atoms with Crippen LogP contribution in [0.4, 0.5) is 0 Å². The summed E-state index contributed by atoms with van der Waals surface area (Å²) in [4.78, 5) is 0. The third-order valence-electron chi connectivity index (χ3n) is 2.84. The van der Waals surface area contributed by atoms with E-state index in [1.165, 1.54) is 5.69 Å². The van der Waals surface area contributed by atoms with Crippen LogP contribution >= 0.6 is 0 Å². The summed E-state index contributed by atoms with van der Waals surface area (Å²) in [6.07, 6.45) is 2.93. The predicted molar refractivity (Wildman–Crippen MR) is 65.4 cm³/mol. The Morgan fingerprint density at radius 1 is 1.56 bits per heavy atom. The monoisotopic (exact) mass is 225 g/mol. The molecule has 16 heavy (non-hydrogen) atoms. The van der Waals surface area contributed by atoms with Gasteiger partial charge in [0.05, 0.1) is 5.69 Å². The molecular formula is C12H23N3O. The number of hydrogen-bond donors (Lipinski definition) is 1. The molecule has 0 aliphatic heterocycles. The summed E-state index contributed by atoms with van der Waals surface area (Å²) in [6, 6.07) is 2.44. The van der Waals surface area contributed by atoms with E-state index in [4.69, 9.17) is 4.74 Å². The molecule has 2 atom stereocenters. The average molecular weight is 225 g/mol. The Kier molecular flexibility index (Phi) is 5.49. The lowest BCUT2D eigenvalue weighted by molar-refractivity contribution is 0.149. The van der Waals surface area contributed by atoms with Gasteiger partial charge in [-0.05, 0) is 32.4 Å². The highest BCUT2D eigenvalue weighted by atomic mass is 16.5. The lowest BCUT2D eigenvalue weighted by Crippen LogP contribution is -2.23. The van der Waals surface area contributed by atoms with E-state index in [1.807, 2.05) is 17.9 Å². The lowest BCUT2D eigenvalue weighted by Gasteiger charge is -2.21. The first-order valence-electron chi connectivity index (χ1n) is 5.90. The van der Waals surface area contributed by atoms with Crippen molar-refractivity contribution < 1.29 is 4.74 Å². The molecule has 0 amide bonds. The minimum Gasteiger partial charge on any atom is -0.384 e. The van der Waals surface area contributed by atoms with Gasteiger partial charge in [-0.1, -0.05) is 6.92 Å². The standard InChI is InChI=1S/C12H23N3O/c1-5-15-12(6-7-14-15)11(13-3)8-10(2)9-16-4/h6-7,10-11,13H,5,8-9H2,1-4H3. The van der Waals surface area contributed by atoms with Crippen molar-refractivity contribution in [1.29, 1.82) is 0 Å². The molecule has 1 rings (SSSR count). The number of nitrogens with one attached hydrogen (secondary N) is 1. The predicted octanol–water partition coefficient (Wildman–Crippen LogP) is 1.84. The summed E-state index contributed by atoms with van der Waals surface area (Å²) in [5.41, 5.74) is 1.26. The summed E-state index contributed by atoms with van der Waals surface area (Å²) in [5, 5.41) is 7.65. The van der Waals surface area contributed by atoms with E-state index in [-0.39, 0.29) is 0 Å². The number of ether oxygens (including phenoxy) is 1. The van der Waals surface area contributed by atoms with Gasteiger partial charge in [0.25, 0.3) is 0 Å². The van der Waals surface area contributed by atoms with E-state index < -0.39 is 0 Å². The third-order valence-corrected chi connectivity index (χ3v) is 2.84. The largest absolute Gasteiger partial charge is 0.384 e. The van der Waals surface area contributed by atoms with Crippen molar-refractivity contribution in [1.82, 2.24) is 15.1 Å². The van der Waals surface area contributed by atoms with E-state index in [9.17, 15) is 0 Å². The fourth-order valence-electron chi connectivity index (χ4n) is 2.04. The Hall–Kier alpha value is -0.870. The van der Waals surface area contributed by atoms with Gasteiger partial charge in [-0.25, -0.2) is 0 Å².